The summed E-state index contributed by atoms with van der Waals surface area (Å²) in [6.45, 7) is 2.79. The number of hydrogen-bond donors (Lipinski definition) is 0. The molecule has 1 saturated heterocycles. The molecule has 1 aliphatic heterocycles. The number of hydrogen-bond acceptors (Lipinski definition) is 2. The molecular weight excluding hydrogens is 116 g/mol. The Morgan fingerprint density at radius 3 is 3.00 bits per heavy atom. The molecule has 0 N–H and O–H groups in total. The van der Waals surface area contributed by atoms with Crippen molar-refractivity contribution in [2.24, 2.45) is 5.92 Å². The molecule has 9 heavy (non-hydrogen) atoms. The Morgan fingerprint density at radius 2 is 2.56 bits per heavy atom. The summed E-state index contributed by atoms with van der Waals surface area (Å²) in [6.07, 6.45) is 2.93. The molecular formula is C7H12O2. The molecule has 0 saturated carbocycles. The molecule has 1 aliphatic rings. The van der Waals surface area contributed by atoms with E-state index in [1.54, 1.807) is 0 Å². The number of esters is 1. The van der Waals surface area contributed by atoms with Crippen LogP contribution in [0.4, 0.5) is 0 Å². The molecule has 0 aromatic carbocycles. The zero-order chi connectivity index (χ0) is 6.69. The molecule has 1 heterocycles. The highest BCUT2D eigenvalue weighted by Gasteiger charge is 2.21. The van der Waals surface area contributed by atoms with Crippen molar-refractivity contribution in [3.05, 3.63) is 0 Å². The van der Waals surface area contributed by atoms with E-state index in [-0.39, 0.29) is 5.97 Å². The van der Waals surface area contributed by atoms with Crippen molar-refractivity contribution >= 4 is 5.97 Å². The van der Waals surface area contributed by atoms with Crippen molar-refractivity contribution < 1.29 is 9.53 Å². The summed E-state index contributed by atoms with van der Waals surface area (Å²) in [5.74, 6) is 0.496. The highest BCUT2D eigenvalue weighted by Crippen LogP contribution is 2.18. The highest BCUT2D eigenvalue weighted by atomic mass is 16.5. The first-order valence-corrected chi connectivity index (χ1v) is 3.48. The van der Waals surface area contributed by atoms with Crippen LogP contribution in [-0.2, 0) is 9.53 Å². The topological polar surface area (TPSA) is 26.3 Å². The maximum absolute atomic E-state index is 10.5. The van der Waals surface area contributed by atoms with Crippen molar-refractivity contribution in [2.45, 2.75) is 26.2 Å². The predicted octanol–water partition coefficient (Wildman–Crippen LogP) is 1.35. The molecule has 1 fully saturated rings. The maximum Gasteiger partial charge on any atom is 0.306 e. The molecule has 0 aromatic rings. The second kappa shape index (κ2) is 2.85. The molecule has 0 unspecified atom stereocenters. The van der Waals surface area contributed by atoms with Gasteiger partial charge in [0.05, 0.1) is 13.0 Å². The van der Waals surface area contributed by atoms with Gasteiger partial charge in [-0.2, -0.15) is 0 Å². The third-order valence-electron chi connectivity index (χ3n) is 1.63. The fraction of sp³-hybridized carbons (Fsp3) is 0.857. The molecule has 2 nitrogen and oxygen atoms in total. The van der Waals surface area contributed by atoms with E-state index < -0.39 is 0 Å². The lowest BCUT2D eigenvalue weighted by atomic mass is 10.0. The Labute approximate surface area is 55.2 Å². The second-order valence-electron chi connectivity index (χ2n) is 2.54. The second-order valence-corrected chi connectivity index (χ2v) is 2.54. The number of rotatable bonds is 2. The quantitative estimate of drug-likeness (QED) is 0.525. The van der Waals surface area contributed by atoms with E-state index in [9.17, 15) is 4.79 Å². The van der Waals surface area contributed by atoms with Gasteiger partial charge in [-0.25, -0.2) is 0 Å². The minimum atomic E-state index is -0.0200. The summed E-state index contributed by atoms with van der Waals surface area (Å²) in [5.41, 5.74) is 0. The highest BCUT2D eigenvalue weighted by molar-refractivity contribution is 5.71. The largest absolute Gasteiger partial charge is 0.465 e. The Bertz CT molecular complexity index is 109. The monoisotopic (exact) mass is 128 g/mol. The van der Waals surface area contributed by atoms with Crippen LogP contribution in [0.5, 0.6) is 0 Å². The Morgan fingerprint density at radius 1 is 1.78 bits per heavy atom. The summed E-state index contributed by atoms with van der Waals surface area (Å²) in [4.78, 5) is 10.5. The van der Waals surface area contributed by atoms with Crippen LogP contribution in [0.15, 0.2) is 0 Å². The Kier molecular flexibility index (Phi) is 2.09. The van der Waals surface area contributed by atoms with Crippen LogP contribution in [0.3, 0.4) is 0 Å². The lowest BCUT2D eigenvalue weighted by Gasteiger charge is -1.99. The summed E-state index contributed by atoms with van der Waals surface area (Å²) in [5, 5.41) is 0. The third-order valence-corrected chi connectivity index (χ3v) is 1.63. The smallest absolute Gasteiger partial charge is 0.306 e. The minimum Gasteiger partial charge on any atom is -0.465 e. The van der Waals surface area contributed by atoms with Gasteiger partial charge in [0.1, 0.15) is 0 Å². The predicted molar refractivity (Wildman–Crippen MR) is 34.0 cm³/mol. The van der Waals surface area contributed by atoms with Crippen LogP contribution in [0.25, 0.3) is 0 Å². The average molecular weight is 128 g/mol. The normalized spacial score (nSPS) is 26.3. The van der Waals surface area contributed by atoms with Crippen LogP contribution in [-0.4, -0.2) is 12.6 Å². The molecule has 0 bridgehead atoms. The zero-order valence-corrected chi connectivity index (χ0v) is 5.72. The van der Waals surface area contributed by atoms with Gasteiger partial charge in [-0.3, -0.25) is 4.79 Å². The first-order chi connectivity index (χ1) is 4.33. The van der Waals surface area contributed by atoms with Crippen molar-refractivity contribution in [1.29, 1.82) is 0 Å². The molecule has 0 amide bonds. The van der Waals surface area contributed by atoms with E-state index in [0.29, 0.717) is 18.9 Å². The molecule has 52 valence electrons. The lowest BCUT2D eigenvalue weighted by Crippen LogP contribution is -1.96. The fourth-order valence-corrected chi connectivity index (χ4v) is 1.16. The standard InChI is InChI=1S/C7H12O2/c1-2-3-6-4-7(8)9-5-6/h6H,2-5H2,1H3/t6-/m0/s1. The lowest BCUT2D eigenvalue weighted by molar-refractivity contribution is -0.137. The number of ether oxygens (including phenoxy) is 1. The molecule has 1 atom stereocenters. The SMILES string of the molecule is CCC[C@@H]1COC(=O)C1. The van der Waals surface area contributed by atoms with Gasteiger partial charge in [0, 0.05) is 5.92 Å². The Hall–Kier alpha value is -0.530. The van der Waals surface area contributed by atoms with Gasteiger partial charge in [0.15, 0.2) is 0 Å². The summed E-state index contributed by atoms with van der Waals surface area (Å²) < 4.78 is 4.78. The van der Waals surface area contributed by atoms with Gasteiger partial charge in [-0.1, -0.05) is 13.3 Å². The average Bonchev–Trinajstić information content (AvgIpc) is 2.17. The van der Waals surface area contributed by atoms with Gasteiger partial charge in [0.25, 0.3) is 0 Å². The van der Waals surface area contributed by atoms with Gasteiger partial charge < -0.3 is 4.74 Å². The van der Waals surface area contributed by atoms with Crippen LogP contribution in [0.2, 0.25) is 0 Å². The zero-order valence-electron chi connectivity index (χ0n) is 5.72. The summed E-state index contributed by atoms with van der Waals surface area (Å²) in [7, 11) is 0. The molecule has 2 heteroatoms. The van der Waals surface area contributed by atoms with E-state index in [1.807, 2.05) is 0 Å². The Balaban J connectivity index is 2.22. The maximum atomic E-state index is 10.5. The van der Waals surface area contributed by atoms with E-state index in [4.69, 9.17) is 4.74 Å². The molecule has 0 spiro atoms. The van der Waals surface area contributed by atoms with Crippen molar-refractivity contribution in [2.75, 3.05) is 6.61 Å². The van der Waals surface area contributed by atoms with Crippen molar-refractivity contribution in [3.63, 3.8) is 0 Å². The summed E-state index contributed by atoms with van der Waals surface area (Å²) >= 11 is 0. The third kappa shape index (κ3) is 1.70. The van der Waals surface area contributed by atoms with E-state index in [2.05, 4.69) is 6.92 Å². The van der Waals surface area contributed by atoms with Crippen LogP contribution in [0, 0.1) is 5.92 Å². The van der Waals surface area contributed by atoms with E-state index in [1.165, 1.54) is 0 Å². The van der Waals surface area contributed by atoms with Crippen molar-refractivity contribution in [3.8, 4) is 0 Å². The number of carbonyl (C=O) groups excluding carboxylic acids is 1. The van der Waals surface area contributed by atoms with Crippen LogP contribution >= 0.6 is 0 Å². The van der Waals surface area contributed by atoms with E-state index in [0.717, 1.165) is 12.8 Å². The molecule has 1 rings (SSSR count). The minimum absolute atomic E-state index is 0.0200. The van der Waals surface area contributed by atoms with Gasteiger partial charge in [-0.15, -0.1) is 0 Å². The fourth-order valence-electron chi connectivity index (χ4n) is 1.16. The van der Waals surface area contributed by atoms with E-state index >= 15 is 0 Å². The first kappa shape index (κ1) is 6.59. The summed E-state index contributed by atoms with van der Waals surface area (Å²) in [6, 6.07) is 0. The number of carbonyl (C=O) groups is 1. The van der Waals surface area contributed by atoms with Crippen LogP contribution in [0.1, 0.15) is 26.2 Å². The van der Waals surface area contributed by atoms with Crippen molar-refractivity contribution in [1.82, 2.24) is 0 Å². The molecule has 0 aromatic heterocycles. The van der Waals surface area contributed by atoms with Gasteiger partial charge in [0.2, 0.25) is 0 Å². The van der Waals surface area contributed by atoms with Crippen LogP contribution < -0.4 is 0 Å². The number of cyclic esters (lactones) is 1. The molecule has 0 radical (unpaired) electrons. The molecule has 0 aliphatic carbocycles. The first-order valence-electron chi connectivity index (χ1n) is 3.48. The van der Waals surface area contributed by atoms with Gasteiger partial charge >= 0.3 is 5.97 Å². The van der Waals surface area contributed by atoms with Gasteiger partial charge in [-0.05, 0) is 6.42 Å².